The predicted molar refractivity (Wildman–Crippen MR) is 63.9 cm³/mol. The molecule has 0 aromatic rings. The molecule has 0 aromatic carbocycles. The summed E-state index contributed by atoms with van der Waals surface area (Å²) in [6, 6.07) is 0. The summed E-state index contributed by atoms with van der Waals surface area (Å²) in [4.78, 5) is 10.8. The monoisotopic (exact) mass is 237 g/mol. The van der Waals surface area contributed by atoms with Gasteiger partial charge in [-0.05, 0) is 6.42 Å². The molecule has 0 heterocycles. The summed E-state index contributed by atoms with van der Waals surface area (Å²) in [6.45, 7) is 2.24. The van der Waals surface area contributed by atoms with Gasteiger partial charge in [0.05, 0.1) is 7.11 Å². The fourth-order valence-corrected chi connectivity index (χ4v) is 1.68. The maximum atomic E-state index is 10.8. The van der Waals surface area contributed by atoms with Gasteiger partial charge in [0.15, 0.2) is 0 Å². The Balaban J connectivity index is 0. The molecule has 0 spiro atoms. The van der Waals surface area contributed by atoms with Crippen molar-refractivity contribution in [2.75, 3.05) is 7.11 Å². The van der Waals surface area contributed by atoms with Gasteiger partial charge in [0.2, 0.25) is 0 Å². The minimum absolute atomic E-state index is 0. The second kappa shape index (κ2) is 15.5. The van der Waals surface area contributed by atoms with Gasteiger partial charge < -0.3 is 4.74 Å². The van der Waals surface area contributed by atoms with Crippen LogP contribution in [0.2, 0.25) is 0 Å². The summed E-state index contributed by atoms with van der Waals surface area (Å²) in [5.74, 6) is -0.0713. The molecule has 3 heteroatoms. The molecule has 0 aliphatic heterocycles. The number of unbranched alkanes of at least 4 members (excludes halogenated alkanes) is 8. The molecular weight excluding hydrogens is 211 g/mol. The summed E-state index contributed by atoms with van der Waals surface area (Å²) in [5.41, 5.74) is 0. The Hall–Kier alpha value is 0.470. The number of methoxy groups -OCH3 is 1. The van der Waals surface area contributed by atoms with Crippen molar-refractivity contribution in [3.63, 3.8) is 0 Å². The molecule has 0 fully saturated rings. The number of rotatable bonds is 10. The molecule has 0 aromatic heterocycles. The number of hydrogen-bond donors (Lipinski definition) is 0. The van der Waals surface area contributed by atoms with Gasteiger partial charge in [-0.1, -0.05) is 58.3 Å². The van der Waals surface area contributed by atoms with Crippen molar-refractivity contribution < 1.29 is 39.1 Å². The molecule has 0 bridgehead atoms. The average Bonchev–Trinajstić information content (AvgIpc) is 2.26. The van der Waals surface area contributed by atoms with Crippen LogP contribution in [0.3, 0.4) is 0 Å². The zero-order valence-electron chi connectivity index (χ0n) is 11.4. The standard InChI is InChI=1S/C13H26O2.Na/c1-3-4-5-6-7-8-9-10-11-12-13(14)15-2;/h3-12H2,1-2H3;/q;+1. The van der Waals surface area contributed by atoms with Gasteiger partial charge in [0.1, 0.15) is 0 Å². The normalized spacial score (nSPS) is 9.62. The molecule has 0 atom stereocenters. The first-order valence-corrected chi connectivity index (χ1v) is 6.38. The molecule has 90 valence electrons. The van der Waals surface area contributed by atoms with E-state index in [9.17, 15) is 4.79 Å². The van der Waals surface area contributed by atoms with E-state index in [2.05, 4.69) is 11.7 Å². The van der Waals surface area contributed by atoms with Crippen LogP contribution >= 0.6 is 0 Å². The van der Waals surface area contributed by atoms with Gasteiger partial charge in [-0.15, -0.1) is 0 Å². The molecule has 0 aliphatic rings. The number of carbonyl (C=O) groups excluding carboxylic acids is 1. The van der Waals surface area contributed by atoms with Crippen molar-refractivity contribution in [3.05, 3.63) is 0 Å². The predicted octanol–water partition coefficient (Wildman–Crippen LogP) is 1.08. The molecule has 0 N–H and O–H groups in total. The summed E-state index contributed by atoms with van der Waals surface area (Å²) in [6.07, 6.45) is 12.2. The van der Waals surface area contributed by atoms with Crippen LogP contribution in [-0.4, -0.2) is 13.1 Å². The SMILES string of the molecule is CCCCCCCCCCCC(=O)OC.[Na+]. The van der Waals surface area contributed by atoms with E-state index in [0.717, 1.165) is 6.42 Å². The third-order valence-electron chi connectivity index (χ3n) is 2.71. The Labute approximate surface area is 123 Å². The van der Waals surface area contributed by atoms with E-state index in [-0.39, 0.29) is 35.5 Å². The van der Waals surface area contributed by atoms with Gasteiger partial charge in [0.25, 0.3) is 0 Å². The van der Waals surface area contributed by atoms with Crippen LogP contribution in [0.4, 0.5) is 0 Å². The topological polar surface area (TPSA) is 26.3 Å². The van der Waals surface area contributed by atoms with E-state index in [1.807, 2.05) is 0 Å². The number of hydrogen-bond acceptors (Lipinski definition) is 2. The molecule has 0 rings (SSSR count). The van der Waals surface area contributed by atoms with Gasteiger partial charge >= 0.3 is 35.5 Å². The van der Waals surface area contributed by atoms with Crippen molar-refractivity contribution in [2.45, 2.75) is 71.1 Å². The van der Waals surface area contributed by atoms with Crippen LogP contribution in [0.1, 0.15) is 71.1 Å². The van der Waals surface area contributed by atoms with Crippen LogP contribution in [0.25, 0.3) is 0 Å². The minimum Gasteiger partial charge on any atom is -0.469 e. The molecule has 0 unspecified atom stereocenters. The molecule has 0 amide bonds. The number of carbonyl (C=O) groups is 1. The maximum Gasteiger partial charge on any atom is 1.00 e. The van der Waals surface area contributed by atoms with Crippen molar-refractivity contribution >= 4 is 5.97 Å². The number of esters is 1. The first-order chi connectivity index (χ1) is 7.31. The van der Waals surface area contributed by atoms with E-state index in [0.29, 0.717) is 6.42 Å². The van der Waals surface area contributed by atoms with Gasteiger partial charge in [0, 0.05) is 6.42 Å². The van der Waals surface area contributed by atoms with Crippen molar-refractivity contribution in [1.29, 1.82) is 0 Å². The Morgan fingerprint density at radius 1 is 0.875 bits per heavy atom. The van der Waals surface area contributed by atoms with Crippen LogP contribution in [0.15, 0.2) is 0 Å². The summed E-state index contributed by atoms with van der Waals surface area (Å²) in [7, 11) is 1.45. The largest absolute Gasteiger partial charge is 1.00 e. The average molecular weight is 237 g/mol. The molecule has 0 radical (unpaired) electrons. The zero-order chi connectivity index (χ0) is 11.4. The van der Waals surface area contributed by atoms with Gasteiger partial charge in [-0.25, -0.2) is 0 Å². The van der Waals surface area contributed by atoms with Crippen LogP contribution < -0.4 is 29.6 Å². The van der Waals surface area contributed by atoms with E-state index >= 15 is 0 Å². The van der Waals surface area contributed by atoms with Crippen LogP contribution in [0.5, 0.6) is 0 Å². The minimum atomic E-state index is -0.0713. The molecular formula is C13H26NaO2+. The molecule has 16 heavy (non-hydrogen) atoms. The third-order valence-corrected chi connectivity index (χ3v) is 2.71. The maximum absolute atomic E-state index is 10.8. The third kappa shape index (κ3) is 14.5. The summed E-state index contributed by atoms with van der Waals surface area (Å²) in [5, 5.41) is 0. The second-order valence-electron chi connectivity index (χ2n) is 4.15. The van der Waals surface area contributed by atoms with Gasteiger partial charge in [-0.2, -0.15) is 0 Å². The van der Waals surface area contributed by atoms with E-state index in [1.165, 1.54) is 58.5 Å². The van der Waals surface area contributed by atoms with E-state index < -0.39 is 0 Å². The smallest absolute Gasteiger partial charge is 0.469 e. The first kappa shape index (κ1) is 18.8. The zero-order valence-corrected chi connectivity index (χ0v) is 13.4. The quantitative estimate of drug-likeness (QED) is 0.323. The van der Waals surface area contributed by atoms with Crippen LogP contribution in [-0.2, 0) is 9.53 Å². The number of ether oxygens (including phenoxy) is 1. The Morgan fingerprint density at radius 3 is 1.75 bits per heavy atom. The van der Waals surface area contributed by atoms with E-state index in [4.69, 9.17) is 0 Å². The molecule has 2 nitrogen and oxygen atoms in total. The summed E-state index contributed by atoms with van der Waals surface area (Å²) >= 11 is 0. The second-order valence-corrected chi connectivity index (χ2v) is 4.15. The van der Waals surface area contributed by atoms with Crippen molar-refractivity contribution in [3.8, 4) is 0 Å². The Bertz CT molecular complexity index is 149. The van der Waals surface area contributed by atoms with E-state index in [1.54, 1.807) is 0 Å². The summed E-state index contributed by atoms with van der Waals surface area (Å²) < 4.78 is 4.58. The van der Waals surface area contributed by atoms with Gasteiger partial charge in [-0.3, -0.25) is 4.79 Å². The fraction of sp³-hybridized carbons (Fsp3) is 0.923. The molecule has 0 saturated heterocycles. The van der Waals surface area contributed by atoms with Crippen LogP contribution in [0, 0.1) is 0 Å². The van der Waals surface area contributed by atoms with Crippen molar-refractivity contribution in [2.24, 2.45) is 0 Å². The van der Waals surface area contributed by atoms with Crippen molar-refractivity contribution in [1.82, 2.24) is 0 Å². The first-order valence-electron chi connectivity index (χ1n) is 6.38. The Kier molecular flexibility index (Phi) is 18.2. The molecule has 0 saturated carbocycles. The Morgan fingerprint density at radius 2 is 1.31 bits per heavy atom. The fourth-order valence-electron chi connectivity index (χ4n) is 1.68. The molecule has 0 aliphatic carbocycles.